The topological polar surface area (TPSA) is 50.3 Å². The van der Waals surface area contributed by atoms with E-state index < -0.39 is 0 Å². The number of carbonyl (C=O) groups excluding carboxylic acids is 2. The molecule has 3 saturated carbocycles. The van der Waals surface area contributed by atoms with Gasteiger partial charge in [-0.2, -0.15) is 0 Å². The van der Waals surface area contributed by atoms with E-state index in [4.69, 9.17) is 4.98 Å². The first-order valence-electron chi connectivity index (χ1n) is 12.8. The SMILES string of the molecule is CC(=O)N(c1ccc(F)cc1)c1nc2c(s1)C1CC[C@@H]3[C@H](CC[C@]4(C)C(=O)CC[C@@H]34)[C@@]1(C)CC2. The smallest absolute Gasteiger partial charge is 0.230 e. The number of fused-ring (bicyclic) bond motifs is 7. The highest BCUT2D eigenvalue weighted by molar-refractivity contribution is 7.16. The summed E-state index contributed by atoms with van der Waals surface area (Å²) < 4.78 is 13.5. The summed E-state index contributed by atoms with van der Waals surface area (Å²) in [6, 6.07) is 6.08. The molecule has 1 amide bonds. The van der Waals surface area contributed by atoms with Gasteiger partial charge in [0.1, 0.15) is 11.6 Å². The van der Waals surface area contributed by atoms with Gasteiger partial charge in [0.2, 0.25) is 5.91 Å². The molecule has 4 nitrogen and oxygen atoms in total. The number of amides is 1. The number of thiazole rings is 1. The molecule has 0 N–H and O–H groups in total. The van der Waals surface area contributed by atoms with Gasteiger partial charge in [-0.05, 0) is 92.4 Å². The van der Waals surface area contributed by atoms with Gasteiger partial charge in [-0.1, -0.05) is 13.8 Å². The summed E-state index contributed by atoms with van der Waals surface area (Å²) in [4.78, 5) is 33.3. The highest BCUT2D eigenvalue weighted by Crippen LogP contribution is 2.67. The van der Waals surface area contributed by atoms with E-state index in [1.54, 1.807) is 35.3 Å². The Hall–Kier alpha value is -2.08. The molecule has 3 fully saturated rings. The van der Waals surface area contributed by atoms with Crippen molar-refractivity contribution in [1.29, 1.82) is 0 Å². The van der Waals surface area contributed by atoms with Gasteiger partial charge >= 0.3 is 0 Å². The number of anilines is 2. The predicted octanol–water partition coefficient (Wildman–Crippen LogP) is 6.81. The molecule has 0 radical (unpaired) electrons. The standard InChI is InChI=1S/C28H33FN2O2S/c1-16(32)31(18-6-4-17(29)5-7-18)26-30-23-13-15-27(2)21-12-14-28(3)20(10-11-24(28)33)19(21)8-9-22(27)25(23)34-26/h4-7,19-22H,8-15H2,1-3H3/t19-,20-,21-,22?,27+,28-/m0/s1. The Bertz CT molecular complexity index is 1160. The van der Waals surface area contributed by atoms with Crippen molar-refractivity contribution < 1.29 is 14.0 Å². The van der Waals surface area contributed by atoms with Crippen molar-refractivity contribution in [2.24, 2.45) is 28.6 Å². The molecule has 1 unspecified atom stereocenters. The van der Waals surface area contributed by atoms with Crippen LogP contribution in [-0.4, -0.2) is 16.7 Å². The van der Waals surface area contributed by atoms with Gasteiger partial charge < -0.3 is 0 Å². The summed E-state index contributed by atoms with van der Waals surface area (Å²) in [5.74, 6) is 2.43. The number of Topliss-reactive ketones (excluding diaryl/α,β-unsaturated/α-hetero) is 1. The normalized spacial score (nSPS) is 36.3. The molecule has 1 aromatic carbocycles. The van der Waals surface area contributed by atoms with E-state index in [1.165, 1.54) is 23.4 Å². The van der Waals surface area contributed by atoms with E-state index in [0.717, 1.165) is 50.6 Å². The van der Waals surface area contributed by atoms with Crippen molar-refractivity contribution in [3.63, 3.8) is 0 Å². The molecule has 6 rings (SSSR count). The van der Waals surface area contributed by atoms with Gasteiger partial charge in [0.25, 0.3) is 0 Å². The summed E-state index contributed by atoms with van der Waals surface area (Å²) in [5.41, 5.74) is 1.94. The van der Waals surface area contributed by atoms with Crippen molar-refractivity contribution in [3.05, 3.63) is 40.7 Å². The van der Waals surface area contributed by atoms with Gasteiger partial charge in [0.15, 0.2) is 5.13 Å². The van der Waals surface area contributed by atoms with E-state index in [2.05, 4.69) is 13.8 Å². The van der Waals surface area contributed by atoms with Crippen LogP contribution < -0.4 is 4.90 Å². The number of carbonyl (C=O) groups is 2. The lowest BCUT2D eigenvalue weighted by atomic mass is 9.46. The summed E-state index contributed by atoms with van der Waals surface area (Å²) in [5, 5.41) is 0.702. The second-order valence-electron chi connectivity index (χ2n) is 11.6. The van der Waals surface area contributed by atoms with E-state index in [0.29, 0.717) is 40.3 Å². The van der Waals surface area contributed by atoms with Gasteiger partial charge in [0.05, 0.1) is 11.4 Å². The maximum absolute atomic E-state index is 13.5. The van der Waals surface area contributed by atoms with E-state index in [-0.39, 0.29) is 22.6 Å². The number of aromatic nitrogens is 1. The van der Waals surface area contributed by atoms with Gasteiger partial charge in [-0.15, -0.1) is 11.3 Å². The summed E-state index contributed by atoms with van der Waals surface area (Å²) in [6.45, 7) is 6.29. The lowest BCUT2D eigenvalue weighted by molar-refractivity contribution is -0.134. The van der Waals surface area contributed by atoms with Crippen LogP contribution in [0.1, 0.15) is 82.2 Å². The summed E-state index contributed by atoms with van der Waals surface area (Å²) in [6.07, 6.45) is 8.47. The third-order valence-corrected chi connectivity index (χ3v) is 11.3. The largest absolute Gasteiger partial charge is 0.299 e. The minimum atomic E-state index is -0.314. The van der Waals surface area contributed by atoms with Crippen LogP contribution in [0.5, 0.6) is 0 Å². The monoisotopic (exact) mass is 480 g/mol. The molecular formula is C28H33FN2O2S. The van der Waals surface area contributed by atoms with Crippen molar-refractivity contribution in [2.75, 3.05) is 4.90 Å². The first-order valence-corrected chi connectivity index (χ1v) is 13.6. The summed E-state index contributed by atoms with van der Waals surface area (Å²) >= 11 is 1.66. The highest BCUT2D eigenvalue weighted by atomic mass is 32.1. The van der Waals surface area contributed by atoms with Crippen molar-refractivity contribution >= 4 is 33.8 Å². The van der Waals surface area contributed by atoms with Crippen LogP contribution in [0.15, 0.2) is 24.3 Å². The molecule has 1 aromatic heterocycles. The van der Waals surface area contributed by atoms with Crippen molar-refractivity contribution in [1.82, 2.24) is 4.98 Å². The number of nitrogens with zero attached hydrogens (tertiary/aromatic N) is 2. The third-order valence-electron chi connectivity index (χ3n) is 10.1. The Morgan fingerprint density at radius 1 is 1.06 bits per heavy atom. The van der Waals surface area contributed by atoms with Gasteiger partial charge in [-0.25, -0.2) is 9.37 Å². The number of aryl methyl sites for hydroxylation is 1. The third kappa shape index (κ3) is 3.09. The Balaban J connectivity index is 1.33. The Morgan fingerprint density at radius 2 is 1.82 bits per heavy atom. The van der Waals surface area contributed by atoms with Crippen LogP contribution in [0.4, 0.5) is 15.2 Å². The quantitative estimate of drug-likeness (QED) is 0.474. The van der Waals surface area contributed by atoms with Gasteiger partial charge in [-0.3, -0.25) is 14.5 Å². The number of hydrogen-bond acceptors (Lipinski definition) is 4. The number of hydrogen-bond donors (Lipinski definition) is 0. The number of halogens is 1. The molecule has 180 valence electrons. The first-order chi connectivity index (χ1) is 16.2. The minimum absolute atomic E-state index is 0.0843. The molecule has 0 bridgehead atoms. The molecule has 0 spiro atoms. The molecule has 6 heteroatoms. The van der Waals surface area contributed by atoms with E-state index in [1.807, 2.05) is 0 Å². The van der Waals surface area contributed by atoms with Crippen molar-refractivity contribution in [2.45, 2.75) is 78.1 Å². The molecule has 4 aliphatic carbocycles. The molecule has 0 saturated heterocycles. The maximum Gasteiger partial charge on any atom is 0.230 e. The molecule has 6 atom stereocenters. The highest BCUT2D eigenvalue weighted by Gasteiger charge is 2.60. The van der Waals surface area contributed by atoms with E-state index in [9.17, 15) is 14.0 Å². The van der Waals surface area contributed by atoms with Crippen LogP contribution in [0.3, 0.4) is 0 Å². The molecule has 0 aliphatic heterocycles. The first kappa shape index (κ1) is 22.4. The van der Waals surface area contributed by atoms with Crippen LogP contribution in [0, 0.1) is 34.4 Å². The fourth-order valence-electron chi connectivity index (χ4n) is 8.32. The summed E-state index contributed by atoms with van der Waals surface area (Å²) in [7, 11) is 0. The van der Waals surface area contributed by atoms with Crippen molar-refractivity contribution in [3.8, 4) is 0 Å². The van der Waals surface area contributed by atoms with E-state index >= 15 is 0 Å². The molecule has 1 heterocycles. The zero-order valence-corrected chi connectivity index (χ0v) is 21.1. The Labute approximate surface area is 205 Å². The molecular weight excluding hydrogens is 447 g/mol. The van der Waals surface area contributed by atoms with Crippen LogP contribution in [0.2, 0.25) is 0 Å². The van der Waals surface area contributed by atoms with Gasteiger partial charge in [0, 0.05) is 29.6 Å². The maximum atomic E-state index is 13.5. The fourth-order valence-corrected chi connectivity index (χ4v) is 9.79. The molecule has 2 aromatic rings. The second kappa shape index (κ2) is 7.71. The van der Waals surface area contributed by atoms with Crippen LogP contribution in [0.25, 0.3) is 0 Å². The predicted molar refractivity (Wildman–Crippen MR) is 132 cm³/mol. The van der Waals surface area contributed by atoms with Crippen LogP contribution >= 0.6 is 11.3 Å². The minimum Gasteiger partial charge on any atom is -0.299 e. The lowest BCUT2D eigenvalue weighted by Crippen LogP contribution is -2.52. The lowest BCUT2D eigenvalue weighted by Gasteiger charge is -2.59. The zero-order valence-electron chi connectivity index (χ0n) is 20.3. The number of benzene rings is 1. The number of rotatable bonds is 2. The Morgan fingerprint density at radius 3 is 2.56 bits per heavy atom. The average molecular weight is 481 g/mol. The molecule has 34 heavy (non-hydrogen) atoms. The molecule has 4 aliphatic rings. The second-order valence-corrected chi connectivity index (χ2v) is 12.6. The fraction of sp³-hybridized carbons (Fsp3) is 0.607. The zero-order chi connectivity index (χ0) is 23.8. The Kier molecular flexibility index (Phi) is 5.08. The van der Waals surface area contributed by atoms with Crippen LogP contribution in [-0.2, 0) is 16.0 Å². The number of ketones is 1. The average Bonchev–Trinajstić information content (AvgIpc) is 3.35.